The molecular weight excluding hydrogens is 398 g/mol. The number of aryl methyl sites for hydroxylation is 2. The fraction of sp³-hybridized carbons (Fsp3) is 0.591. The molecule has 0 spiro atoms. The summed E-state index contributed by atoms with van der Waals surface area (Å²) in [5.74, 6) is 0.434. The monoisotopic (exact) mass is 429 g/mol. The molecular formula is C22H31N5O2S. The summed E-state index contributed by atoms with van der Waals surface area (Å²) in [7, 11) is 1.82. The summed E-state index contributed by atoms with van der Waals surface area (Å²) in [6.07, 6.45) is 5.34. The molecule has 3 N–H and O–H groups in total. The maximum absolute atomic E-state index is 13.2. The van der Waals surface area contributed by atoms with Crippen LogP contribution in [-0.2, 0) is 11.8 Å². The van der Waals surface area contributed by atoms with Crippen molar-refractivity contribution >= 4 is 28.6 Å². The first-order valence-electron chi connectivity index (χ1n) is 10.8. The second-order valence-electron chi connectivity index (χ2n) is 8.65. The van der Waals surface area contributed by atoms with E-state index in [2.05, 4.69) is 35.0 Å². The second-order valence-corrected chi connectivity index (χ2v) is 9.96. The molecule has 1 saturated heterocycles. The Balaban J connectivity index is 1.55. The van der Waals surface area contributed by atoms with Crippen molar-refractivity contribution in [2.24, 2.45) is 18.9 Å². The minimum atomic E-state index is -0.108. The van der Waals surface area contributed by atoms with Crippen LogP contribution in [-0.4, -0.2) is 26.3 Å². The Hall–Kier alpha value is -1.90. The number of hydrogen-bond donors (Lipinski definition) is 3. The Morgan fingerprint density at radius 3 is 2.87 bits per heavy atom. The minimum Gasteiger partial charge on any atom is -0.331 e. The third-order valence-corrected chi connectivity index (χ3v) is 7.85. The van der Waals surface area contributed by atoms with Gasteiger partial charge in [-0.15, -0.1) is 0 Å². The highest BCUT2D eigenvalue weighted by Crippen LogP contribution is 2.40. The number of hydrazine groups is 1. The summed E-state index contributed by atoms with van der Waals surface area (Å²) in [5.41, 5.74) is 8.86. The van der Waals surface area contributed by atoms with Crippen LogP contribution in [0.4, 0.5) is 0 Å². The summed E-state index contributed by atoms with van der Waals surface area (Å²) >= 11 is 1.69. The largest absolute Gasteiger partial charge is 0.331 e. The lowest BCUT2D eigenvalue weighted by Crippen LogP contribution is -2.46. The van der Waals surface area contributed by atoms with Crippen LogP contribution in [0.25, 0.3) is 10.9 Å². The number of fused-ring (bicyclic) bond motifs is 1. The standard InChI is InChI=1S/C22H31N5O2S/c1-5-19-25-26-22(30-19)24-20(28)14-7-6-12(2)16(9-14)17-10-15-11-23-13(3)8-18(15)27(4)21(17)29/h8,10-12,14,16,19,22,25-26H,5-7,9H2,1-4H3,(H,24,28). The molecule has 2 aromatic rings. The Morgan fingerprint density at radius 1 is 1.33 bits per heavy atom. The molecule has 3 heterocycles. The van der Waals surface area contributed by atoms with Gasteiger partial charge in [-0.25, -0.2) is 10.9 Å². The fourth-order valence-corrected chi connectivity index (χ4v) is 5.64. The molecule has 2 aliphatic rings. The van der Waals surface area contributed by atoms with E-state index in [9.17, 15) is 9.59 Å². The van der Waals surface area contributed by atoms with Crippen molar-refractivity contribution in [2.75, 3.05) is 0 Å². The molecule has 0 aromatic carbocycles. The maximum Gasteiger partial charge on any atom is 0.254 e. The Labute approximate surface area is 181 Å². The first kappa shape index (κ1) is 21.3. The van der Waals surface area contributed by atoms with Gasteiger partial charge in [-0.3, -0.25) is 14.6 Å². The van der Waals surface area contributed by atoms with E-state index in [0.29, 0.717) is 17.7 Å². The zero-order valence-electron chi connectivity index (χ0n) is 18.1. The first-order chi connectivity index (χ1) is 14.4. The highest BCUT2D eigenvalue weighted by Gasteiger charge is 2.35. The van der Waals surface area contributed by atoms with Crippen molar-refractivity contribution in [3.8, 4) is 0 Å². The van der Waals surface area contributed by atoms with Gasteiger partial charge in [0.2, 0.25) is 5.91 Å². The minimum absolute atomic E-state index is 0.0361. The molecule has 1 saturated carbocycles. The molecule has 2 fully saturated rings. The molecule has 30 heavy (non-hydrogen) atoms. The molecule has 8 heteroatoms. The van der Waals surface area contributed by atoms with Crippen molar-refractivity contribution in [3.05, 3.63) is 39.9 Å². The van der Waals surface area contributed by atoms with Crippen LogP contribution in [0.1, 0.15) is 56.7 Å². The molecule has 1 aliphatic heterocycles. The quantitative estimate of drug-likeness (QED) is 0.693. The van der Waals surface area contributed by atoms with Crippen LogP contribution in [0.3, 0.4) is 0 Å². The summed E-state index contributed by atoms with van der Waals surface area (Å²) in [6, 6.07) is 3.95. The van der Waals surface area contributed by atoms with E-state index in [-0.39, 0.29) is 28.8 Å². The number of nitrogens with zero attached hydrogens (tertiary/aromatic N) is 2. The average molecular weight is 430 g/mol. The number of nitrogens with one attached hydrogen (secondary N) is 3. The topological polar surface area (TPSA) is 88.0 Å². The van der Waals surface area contributed by atoms with Gasteiger partial charge in [-0.05, 0) is 56.6 Å². The Kier molecular flexibility index (Phi) is 6.18. The number of aromatic nitrogens is 2. The lowest BCUT2D eigenvalue weighted by atomic mass is 9.71. The molecule has 0 radical (unpaired) electrons. The van der Waals surface area contributed by atoms with E-state index in [4.69, 9.17) is 0 Å². The fourth-order valence-electron chi connectivity index (χ4n) is 4.67. The van der Waals surface area contributed by atoms with E-state index in [1.54, 1.807) is 16.3 Å². The molecule has 162 valence electrons. The molecule has 5 atom stereocenters. The van der Waals surface area contributed by atoms with Gasteiger partial charge in [-0.1, -0.05) is 25.6 Å². The van der Waals surface area contributed by atoms with Crippen molar-refractivity contribution < 1.29 is 4.79 Å². The van der Waals surface area contributed by atoms with E-state index in [1.165, 1.54) is 0 Å². The normalized spacial score (nSPS) is 29.3. The second kappa shape index (κ2) is 8.69. The van der Waals surface area contributed by atoms with Crippen molar-refractivity contribution in [3.63, 3.8) is 0 Å². The number of amides is 1. The zero-order valence-corrected chi connectivity index (χ0v) is 18.9. The van der Waals surface area contributed by atoms with Crippen molar-refractivity contribution in [1.29, 1.82) is 0 Å². The molecule has 1 amide bonds. The lowest BCUT2D eigenvalue weighted by Gasteiger charge is -2.34. The third-order valence-electron chi connectivity index (χ3n) is 6.56. The van der Waals surface area contributed by atoms with Crippen LogP contribution >= 0.6 is 11.8 Å². The number of pyridine rings is 2. The van der Waals surface area contributed by atoms with Gasteiger partial charge < -0.3 is 9.88 Å². The number of rotatable bonds is 4. The lowest BCUT2D eigenvalue weighted by molar-refractivity contribution is -0.126. The number of carbonyl (C=O) groups is 1. The average Bonchev–Trinajstić information content (AvgIpc) is 3.19. The van der Waals surface area contributed by atoms with Crippen LogP contribution < -0.4 is 21.7 Å². The number of thioether (sulfide) groups is 1. The van der Waals surface area contributed by atoms with E-state index >= 15 is 0 Å². The summed E-state index contributed by atoms with van der Waals surface area (Å²) in [4.78, 5) is 30.5. The van der Waals surface area contributed by atoms with E-state index in [1.807, 2.05) is 32.3 Å². The number of carbonyl (C=O) groups excluding carboxylic acids is 1. The SMILES string of the molecule is CCC1NNC(NC(=O)C2CCC(C)C(c3cc4cnc(C)cc4n(C)c3=O)C2)S1. The highest BCUT2D eigenvalue weighted by atomic mass is 32.2. The summed E-state index contributed by atoms with van der Waals surface area (Å²) in [6.45, 7) is 6.24. The summed E-state index contributed by atoms with van der Waals surface area (Å²) in [5, 5.41) is 4.40. The molecule has 7 nitrogen and oxygen atoms in total. The zero-order chi connectivity index (χ0) is 21.4. The van der Waals surface area contributed by atoms with Gasteiger partial charge in [0.25, 0.3) is 5.56 Å². The van der Waals surface area contributed by atoms with Gasteiger partial charge in [-0.2, -0.15) is 0 Å². The van der Waals surface area contributed by atoms with Gasteiger partial charge in [0.05, 0.1) is 10.9 Å². The van der Waals surface area contributed by atoms with Crippen LogP contribution in [0, 0.1) is 18.8 Å². The smallest absolute Gasteiger partial charge is 0.254 e. The summed E-state index contributed by atoms with van der Waals surface area (Å²) < 4.78 is 1.73. The van der Waals surface area contributed by atoms with Crippen LogP contribution in [0.5, 0.6) is 0 Å². The third kappa shape index (κ3) is 4.13. The van der Waals surface area contributed by atoms with Gasteiger partial charge in [0.1, 0.15) is 5.50 Å². The van der Waals surface area contributed by atoms with Crippen molar-refractivity contribution in [1.82, 2.24) is 25.7 Å². The van der Waals surface area contributed by atoms with Crippen molar-refractivity contribution in [2.45, 2.75) is 63.2 Å². The molecule has 4 rings (SSSR count). The van der Waals surface area contributed by atoms with Crippen LogP contribution in [0.2, 0.25) is 0 Å². The van der Waals surface area contributed by atoms with Gasteiger partial charge in [0, 0.05) is 35.8 Å². The predicted molar refractivity (Wildman–Crippen MR) is 121 cm³/mol. The molecule has 5 unspecified atom stereocenters. The highest BCUT2D eigenvalue weighted by molar-refractivity contribution is 8.00. The van der Waals surface area contributed by atoms with E-state index < -0.39 is 0 Å². The Morgan fingerprint density at radius 2 is 2.13 bits per heavy atom. The first-order valence-corrected chi connectivity index (χ1v) is 11.7. The maximum atomic E-state index is 13.2. The number of hydrogen-bond acceptors (Lipinski definition) is 6. The van der Waals surface area contributed by atoms with Crippen LogP contribution in [0.15, 0.2) is 23.1 Å². The van der Waals surface area contributed by atoms with Gasteiger partial charge in [0.15, 0.2) is 0 Å². The molecule has 0 bridgehead atoms. The van der Waals surface area contributed by atoms with Gasteiger partial charge >= 0.3 is 0 Å². The molecule has 1 aliphatic carbocycles. The van der Waals surface area contributed by atoms with E-state index in [0.717, 1.165) is 41.4 Å². The Bertz CT molecular complexity index is 1010. The molecule has 2 aromatic heterocycles. The predicted octanol–water partition coefficient (Wildman–Crippen LogP) is 2.74.